The topological polar surface area (TPSA) is 47.9 Å². The molecule has 1 aromatic heterocycles. The lowest BCUT2D eigenvalue weighted by atomic mass is 10.4. The number of nitrogens with one attached hydrogen (secondary N) is 2. The summed E-state index contributed by atoms with van der Waals surface area (Å²) in [6.07, 6.45) is 4.06. The van der Waals surface area contributed by atoms with E-state index in [2.05, 4.69) is 28.7 Å². The molecular weight excluding hydrogens is 238 g/mol. The molecule has 0 atom stereocenters. The molecule has 1 rings (SSSR count). The number of hydrogen-bond acceptors (Lipinski definition) is 1. The van der Waals surface area contributed by atoms with Crippen molar-refractivity contribution in [2.45, 2.75) is 26.7 Å². The lowest BCUT2D eigenvalue weighted by Crippen LogP contribution is -2.20. The van der Waals surface area contributed by atoms with Gasteiger partial charge in [0.05, 0.1) is 18.1 Å². The van der Waals surface area contributed by atoms with Gasteiger partial charge in [0.15, 0.2) is 5.82 Å². The third kappa shape index (κ3) is 5.04. The van der Waals surface area contributed by atoms with E-state index in [1.807, 2.05) is 6.34 Å². The molecule has 0 aromatic carbocycles. The second kappa shape index (κ2) is 7.12. The van der Waals surface area contributed by atoms with Crippen LogP contribution < -0.4 is 10.9 Å². The average Bonchev–Trinajstić information content (AvgIpc) is 2.25. The fraction of sp³-hybridized carbons (Fsp3) is 0.500. The normalized spacial score (nSPS) is 10.1. The fourth-order valence-corrected chi connectivity index (χ4v) is 1.77. The van der Waals surface area contributed by atoms with Gasteiger partial charge in [-0.3, -0.25) is 14.4 Å². The predicted molar refractivity (Wildman–Crippen MR) is 72.3 cm³/mol. The molecule has 2 N–H and O–H groups in total. The Bertz CT molecular complexity index is 432. The number of pyridine rings is 1. The van der Waals surface area contributed by atoms with E-state index in [9.17, 15) is 4.79 Å². The summed E-state index contributed by atoms with van der Waals surface area (Å²) in [5.74, 6) is 0.611. The van der Waals surface area contributed by atoms with E-state index in [0.29, 0.717) is 10.8 Å². The Morgan fingerprint density at radius 1 is 1.35 bits per heavy atom. The monoisotopic (exact) mass is 256 g/mol. The Labute approximate surface area is 106 Å². The summed E-state index contributed by atoms with van der Waals surface area (Å²) in [4.78, 5) is 13.9. The third-order valence-electron chi connectivity index (χ3n) is 2.23. The van der Waals surface area contributed by atoms with E-state index in [1.54, 1.807) is 6.07 Å². The van der Waals surface area contributed by atoms with Gasteiger partial charge in [-0.1, -0.05) is 25.4 Å². The number of H-pyrrole nitrogens is 1. The number of aromatic nitrogens is 1. The number of hydrogen-bond donors (Lipinski definition) is 2. The van der Waals surface area contributed by atoms with E-state index >= 15 is 0 Å². The minimum atomic E-state index is -0.203. The molecule has 0 aliphatic heterocycles. The maximum atomic E-state index is 11.2. The molecule has 0 aliphatic rings. The molecule has 0 saturated heterocycles. The quantitative estimate of drug-likeness (QED) is 0.466. The van der Waals surface area contributed by atoms with Crippen molar-refractivity contribution in [2.24, 2.45) is 0 Å². The second-order valence-corrected chi connectivity index (χ2v) is 4.32. The van der Waals surface area contributed by atoms with Gasteiger partial charge in [-0.2, -0.15) is 0 Å². The highest BCUT2D eigenvalue weighted by Crippen LogP contribution is 2.08. The Morgan fingerprint density at radius 2 is 2.00 bits per heavy atom. The van der Waals surface area contributed by atoms with Crippen molar-refractivity contribution in [2.75, 3.05) is 18.4 Å². The van der Waals surface area contributed by atoms with Crippen LogP contribution in [0.2, 0.25) is 5.02 Å². The molecule has 0 radical (unpaired) electrons. The van der Waals surface area contributed by atoms with Gasteiger partial charge in [0.25, 0.3) is 5.56 Å². The summed E-state index contributed by atoms with van der Waals surface area (Å²) < 4.78 is 2.18. The van der Waals surface area contributed by atoms with Gasteiger partial charge in [0.1, 0.15) is 0 Å². The molecule has 1 aromatic rings. The van der Waals surface area contributed by atoms with Gasteiger partial charge in [-0.25, -0.2) is 5.32 Å². The Hall–Kier alpha value is -1.29. The SMILES string of the molecule is CCC[N+](=CNc1cc(Cl)cc(=O)[nH]1)CCC. The zero-order chi connectivity index (χ0) is 12.7. The van der Waals surface area contributed by atoms with Crippen molar-refractivity contribution >= 4 is 23.8 Å². The van der Waals surface area contributed by atoms with Crippen LogP contribution in [0.15, 0.2) is 16.9 Å². The highest BCUT2D eigenvalue weighted by atomic mass is 35.5. The van der Waals surface area contributed by atoms with Crippen LogP contribution in [0.3, 0.4) is 0 Å². The second-order valence-electron chi connectivity index (χ2n) is 3.89. The van der Waals surface area contributed by atoms with Gasteiger partial charge in [-0.15, -0.1) is 0 Å². The van der Waals surface area contributed by atoms with Crippen molar-refractivity contribution in [1.29, 1.82) is 0 Å². The van der Waals surface area contributed by atoms with E-state index in [-0.39, 0.29) is 5.56 Å². The van der Waals surface area contributed by atoms with Crippen molar-refractivity contribution in [1.82, 2.24) is 4.98 Å². The van der Waals surface area contributed by atoms with Gasteiger partial charge < -0.3 is 0 Å². The van der Waals surface area contributed by atoms with Crippen molar-refractivity contribution in [3.63, 3.8) is 0 Å². The van der Waals surface area contributed by atoms with Crippen LogP contribution in [0.5, 0.6) is 0 Å². The number of nitrogens with zero attached hydrogens (tertiary/aromatic N) is 1. The predicted octanol–water partition coefficient (Wildman–Crippen LogP) is 2.30. The lowest BCUT2D eigenvalue weighted by molar-refractivity contribution is -0.523. The van der Waals surface area contributed by atoms with Crippen molar-refractivity contribution < 1.29 is 4.58 Å². The summed E-state index contributed by atoms with van der Waals surface area (Å²) in [5.41, 5.74) is -0.203. The molecule has 0 spiro atoms. The van der Waals surface area contributed by atoms with Gasteiger partial charge in [-0.05, 0) is 12.8 Å². The highest BCUT2D eigenvalue weighted by molar-refractivity contribution is 6.30. The van der Waals surface area contributed by atoms with Gasteiger partial charge >= 0.3 is 0 Å². The third-order valence-corrected chi connectivity index (χ3v) is 2.45. The minimum absolute atomic E-state index is 0.203. The summed E-state index contributed by atoms with van der Waals surface area (Å²) >= 11 is 5.80. The van der Waals surface area contributed by atoms with Crippen LogP contribution in [0.4, 0.5) is 5.82 Å². The summed E-state index contributed by atoms with van der Waals surface area (Å²) in [5, 5.41) is 3.49. The molecule has 0 bridgehead atoms. The Morgan fingerprint density at radius 3 is 2.53 bits per heavy atom. The number of rotatable bonds is 6. The Kier molecular flexibility index (Phi) is 5.77. The summed E-state index contributed by atoms with van der Waals surface area (Å²) in [6, 6.07) is 3.04. The fourth-order valence-electron chi connectivity index (χ4n) is 1.56. The van der Waals surface area contributed by atoms with E-state index in [4.69, 9.17) is 11.6 Å². The highest BCUT2D eigenvalue weighted by Gasteiger charge is 2.01. The number of aromatic amines is 1. The molecule has 0 saturated carbocycles. The van der Waals surface area contributed by atoms with Gasteiger partial charge in [0, 0.05) is 12.1 Å². The zero-order valence-corrected chi connectivity index (χ0v) is 11.0. The van der Waals surface area contributed by atoms with Crippen LogP contribution in [0.1, 0.15) is 26.7 Å². The van der Waals surface area contributed by atoms with Gasteiger partial charge in [0.2, 0.25) is 6.34 Å². The van der Waals surface area contributed by atoms with Crippen molar-refractivity contribution in [3.8, 4) is 0 Å². The molecule has 0 fully saturated rings. The first-order chi connectivity index (χ1) is 8.15. The average molecular weight is 257 g/mol. The molecule has 1 heterocycles. The molecule has 94 valence electrons. The molecule has 17 heavy (non-hydrogen) atoms. The molecule has 0 unspecified atom stereocenters. The summed E-state index contributed by atoms with van der Waals surface area (Å²) in [7, 11) is 0. The van der Waals surface area contributed by atoms with Crippen LogP contribution in [0.25, 0.3) is 0 Å². The van der Waals surface area contributed by atoms with Crippen LogP contribution >= 0.6 is 11.6 Å². The van der Waals surface area contributed by atoms with Crippen molar-refractivity contribution in [3.05, 3.63) is 27.5 Å². The van der Waals surface area contributed by atoms with E-state index in [0.717, 1.165) is 25.9 Å². The Balaban J connectivity index is 2.75. The number of halogens is 1. The van der Waals surface area contributed by atoms with Crippen LogP contribution in [-0.4, -0.2) is 29.0 Å². The first-order valence-electron chi connectivity index (χ1n) is 5.89. The summed E-state index contributed by atoms with van der Waals surface area (Å²) in [6.45, 7) is 6.26. The van der Waals surface area contributed by atoms with E-state index < -0.39 is 0 Å². The molecule has 4 nitrogen and oxygen atoms in total. The largest absolute Gasteiger partial charge is 0.289 e. The molecule has 0 amide bonds. The first kappa shape index (κ1) is 13.8. The van der Waals surface area contributed by atoms with E-state index in [1.165, 1.54) is 6.07 Å². The molecule has 0 aliphatic carbocycles. The number of anilines is 1. The smallest absolute Gasteiger partial charge is 0.252 e. The standard InChI is InChI=1S/C12H18ClN3O/c1-3-5-16(6-4-2)9-14-11-7-10(13)8-12(17)15-11/h7-9H,3-6H2,1-2H3,(H,15,17)/p+1. The lowest BCUT2D eigenvalue weighted by Gasteiger charge is -2.04. The van der Waals surface area contributed by atoms with Crippen LogP contribution in [0, 0.1) is 0 Å². The molecule has 5 heteroatoms. The zero-order valence-electron chi connectivity index (χ0n) is 10.3. The molecular formula is C12H19ClN3O+. The minimum Gasteiger partial charge on any atom is -0.289 e. The van der Waals surface area contributed by atoms with Crippen LogP contribution in [-0.2, 0) is 0 Å². The maximum absolute atomic E-state index is 11.2. The first-order valence-corrected chi connectivity index (χ1v) is 6.27. The maximum Gasteiger partial charge on any atom is 0.252 e.